The van der Waals surface area contributed by atoms with Crippen molar-refractivity contribution in [1.29, 1.82) is 0 Å². The molecule has 1 atom stereocenters. The third-order valence-corrected chi connectivity index (χ3v) is 4.35. The third-order valence-electron chi connectivity index (χ3n) is 4.35. The fraction of sp³-hybridized carbons (Fsp3) is 0.471. The third kappa shape index (κ3) is 4.36. The molecular weight excluding hydrogens is 343 g/mol. The van der Waals surface area contributed by atoms with Crippen molar-refractivity contribution in [1.82, 2.24) is 5.32 Å². The van der Waals surface area contributed by atoms with E-state index in [1.807, 2.05) is 0 Å². The average Bonchev–Trinajstić information content (AvgIpc) is 3.40. The highest BCUT2D eigenvalue weighted by Gasteiger charge is 2.29. The van der Waals surface area contributed by atoms with E-state index in [9.17, 15) is 18.8 Å². The molecule has 0 aromatic heterocycles. The minimum Gasteiger partial charge on any atom is -0.370 e. The van der Waals surface area contributed by atoms with Crippen LogP contribution in [0.2, 0.25) is 0 Å². The number of halogens is 1. The lowest BCUT2D eigenvalue weighted by Crippen LogP contribution is -2.50. The molecule has 2 aliphatic rings. The molecule has 8 nitrogen and oxygen atoms in total. The molecular formula is C17H21FN4O4. The highest BCUT2D eigenvalue weighted by atomic mass is 19.1. The van der Waals surface area contributed by atoms with Crippen molar-refractivity contribution in [2.75, 3.05) is 36.5 Å². The van der Waals surface area contributed by atoms with Crippen LogP contribution in [0, 0.1) is 11.7 Å². The van der Waals surface area contributed by atoms with Crippen LogP contribution in [0.4, 0.5) is 15.8 Å². The van der Waals surface area contributed by atoms with Crippen molar-refractivity contribution < 1.29 is 23.5 Å². The number of hydrogen-bond donors (Lipinski definition) is 3. The van der Waals surface area contributed by atoms with Gasteiger partial charge in [-0.2, -0.15) is 0 Å². The van der Waals surface area contributed by atoms with Gasteiger partial charge in [-0.05, 0) is 43.5 Å². The SMILES string of the molecule is NC(=O)[C@@H](NCC1CC1)C(=O)Nc1ccc(N2CCOCC2=O)c(F)c1. The van der Waals surface area contributed by atoms with E-state index < -0.39 is 23.7 Å². The molecule has 0 spiro atoms. The molecule has 2 fully saturated rings. The number of nitrogens with zero attached hydrogens (tertiary/aromatic N) is 1. The van der Waals surface area contributed by atoms with Gasteiger partial charge in [0.25, 0.3) is 11.8 Å². The topological polar surface area (TPSA) is 114 Å². The number of carbonyl (C=O) groups is 3. The molecule has 1 aliphatic heterocycles. The summed E-state index contributed by atoms with van der Waals surface area (Å²) in [7, 11) is 0. The first-order chi connectivity index (χ1) is 12.5. The maximum Gasteiger partial charge on any atom is 0.253 e. The zero-order valence-electron chi connectivity index (χ0n) is 14.2. The number of nitrogens with two attached hydrogens (primary N) is 1. The molecule has 1 aromatic carbocycles. The number of morpholine rings is 1. The van der Waals surface area contributed by atoms with E-state index >= 15 is 0 Å². The molecule has 0 bridgehead atoms. The second-order valence-corrected chi connectivity index (χ2v) is 6.44. The summed E-state index contributed by atoms with van der Waals surface area (Å²) in [6.07, 6.45) is 2.13. The Morgan fingerprint density at radius 3 is 2.77 bits per heavy atom. The van der Waals surface area contributed by atoms with Gasteiger partial charge in [0.05, 0.1) is 12.3 Å². The predicted molar refractivity (Wildman–Crippen MR) is 91.9 cm³/mol. The molecule has 1 aromatic rings. The molecule has 3 rings (SSSR count). The van der Waals surface area contributed by atoms with Crippen LogP contribution in [-0.4, -0.2) is 50.1 Å². The summed E-state index contributed by atoms with van der Waals surface area (Å²) in [5.74, 6) is -1.95. The van der Waals surface area contributed by atoms with Gasteiger partial charge in [-0.15, -0.1) is 0 Å². The van der Waals surface area contributed by atoms with E-state index in [0.717, 1.165) is 18.9 Å². The standard InChI is InChI=1S/C17H21FN4O4/c18-12-7-11(3-4-13(12)22-5-6-26-9-14(22)23)21-17(25)15(16(19)24)20-8-10-1-2-10/h3-4,7,10,15,20H,1-2,5-6,8-9H2,(H2,19,24)(H,21,25)/t15-/m1/s1. The van der Waals surface area contributed by atoms with Gasteiger partial charge >= 0.3 is 0 Å². The summed E-state index contributed by atoms with van der Waals surface area (Å²) in [5.41, 5.74) is 5.57. The van der Waals surface area contributed by atoms with Crippen molar-refractivity contribution in [2.45, 2.75) is 18.9 Å². The molecule has 1 heterocycles. The Morgan fingerprint density at radius 2 is 2.15 bits per heavy atom. The van der Waals surface area contributed by atoms with E-state index in [0.29, 0.717) is 19.1 Å². The Hall–Kier alpha value is -2.52. The van der Waals surface area contributed by atoms with Crippen LogP contribution in [-0.2, 0) is 19.1 Å². The van der Waals surface area contributed by atoms with Crippen LogP contribution in [0.15, 0.2) is 18.2 Å². The highest BCUT2D eigenvalue weighted by Crippen LogP contribution is 2.28. The Balaban J connectivity index is 1.66. The van der Waals surface area contributed by atoms with E-state index in [1.54, 1.807) is 0 Å². The molecule has 4 N–H and O–H groups in total. The molecule has 3 amide bonds. The number of rotatable bonds is 7. The van der Waals surface area contributed by atoms with Crippen LogP contribution in [0.1, 0.15) is 12.8 Å². The number of benzene rings is 1. The maximum atomic E-state index is 14.4. The number of nitrogens with one attached hydrogen (secondary N) is 2. The largest absolute Gasteiger partial charge is 0.370 e. The molecule has 140 valence electrons. The first kappa shape index (κ1) is 18.3. The second-order valence-electron chi connectivity index (χ2n) is 6.44. The van der Waals surface area contributed by atoms with Crippen LogP contribution < -0.4 is 21.3 Å². The number of ether oxygens (including phenoxy) is 1. The first-order valence-electron chi connectivity index (χ1n) is 8.47. The Bertz CT molecular complexity index is 723. The lowest BCUT2D eigenvalue weighted by atomic mass is 10.2. The van der Waals surface area contributed by atoms with Gasteiger partial charge in [-0.25, -0.2) is 4.39 Å². The number of primary amides is 1. The van der Waals surface area contributed by atoms with Crippen LogP contribution in [0.3, 0.4) is 0 Å². The summed E-state index contributed by atoms with van der Waals surface area (Å²) in [6.45, 7) is 1.03. The fourth-order valence-corrected chi connectivity index (χ4v) is 2.72. The zero-order valence-corrected chi connectivity index (χ0v) is 14.2. The number of anilines is 2. The summed E-state index contributed by atoms with van der Waals surface area (Å²) in [6, 6.07) is 2.80. The molecule has 1 aliphatic carbocycles. The van der Waals surface area contributed by atoms with Gasteiger partial charge < -0.3 is 20.7 Å². The number of carbonyl (C=O) groups excluding carboxylic acids is 3. The van der Waals surface area contributed by atoms with Crippen molar-refractivity contribution >= 4 is 29.1 Å². The number of amides is 3. The second kappa shape index (κ2) is 7.79. The van der Waals surface area contributed by atoms with Crippen molar-refractivity contribution in [2.24, 2.45) is 11.7 Å². The molecule has 1 saturated carbocycles. The van der Waals surface area contributed by atoms with Crippen LogP contribution >= 0.6 is 0 Å². The van der Waals surface area contributed by atoms with Crippen molar-refractivity contribution in [3.8, 4) is 0 Å². The maximum absolute atomic E-state index is 14.4. The fourth-order valence-electron chi connectivity index (χ4n) is 2.72. The predicted octanol–water partition coefficient (Wildman–Crippen LogP) is -0.0191. The molecule has 26 heavy (non-hydrogen) atoms. The van der Waals surface area contributed by atoms with Crippen LogP contribution in [0.5, 0.6) is 0 Å². The summed E-state index contributed by atoms with van der Waals surface area (Å²) >= 11 is 0. The first-order valence-corrected chi connectivity index (χ1v) is 8.47. The monoisotopic (exact) mass is 364 g/mol. The van der Waals surface area contributed by atoms with E-state index in [2.05, 4.69) is 10.6 Å². The van der Waals surface area contributed by atoms with Gasteiger partial charge in [0, 0.05) is 12.2 Å². The Labute approximate surface area is 149 Å². The normalized spacial score (nSPS) is 18.5. The molecule has 1 saturated heterocycles. The van der Waals surface area contributed by atoms with E-state index in [4.69, 9.17) is 10.5 Å². The van der Waals surface area contributed by atoms with E-state index in [-0.39, 0.29) is 30.4 Å². The average molecular weight is 364 g/mol. The smallest absolute Gasteiger partial charge is 0.253 e. The molecule has 0 unspecified atom stereocenters. The van der Waals surface area contributed by atoms with Crippen LogP contribution in [0.25, 0.3) is 0 Å². The summed E-state index contributed by atoms with van der Waals surface area (Å²) in [5, 5.41) is 5.32. The lowest BCUT2D eigenvalue weighted by molar-refractivity contribution is -0.128. The summed E-state index contributed by atoms with van der Waals surface area (Å²) in [4.78, 5) is 36.9. The lowest BCUT2D eigenvalue weighted by Gasteiger charge is -2.27. The van der Waals surface area contributed by atoms with Gasteiger partial charge in [-0.3, -0.25) is 19.7 Å². The molecule has 0 radical (unpaired) electrons. The van der Waals surface area contributed by atoms with Crippen molar-refractivity contribution in [3.05, 3.63) is 24.0 Å². The number of hydrogen-bond acceptors (Lipinski definition) is 5. The van der Waals surface area contributed by atoms with Gasteiger partial charge in [0.2, 0.25) is 5.91 Å². The molecule has 9 heteroatoms. The van der Waals surface area contributed by atoms with E-state index in [1.165, 1.54) is 17.0 Å². The van der Waals surface area contributed by atoms with Gasteiger partial charge in [0.1, 0.15) is 12.4 Å². The Kier molecular flexibility index (Phi) is 5.48. The highest BCUT2D eigenvalue weighted by molar-refractivity contribution is 6.09. The van der Waals surface area contributed by atoms with Gasteiger partial charge in [0.15, 0.2) is 6.04 Å². The van der Waals surface area contributed by atoms with Crippen molar-refractivity contribution in [3.63, 3.8) is 0 Å². The summed E-state index contributed by atoms with van der Waals surface area (Å²) < 4.78 is 19.4. The zero-order chi connectivity index (χ0) is 18.7. The Morgan fingerprint density at radius 1 is 1.38 bits per heavy atom. The van der Waals surface area contributed by atoms with Gasteiger partial charge in [-0.1, -0.05) is 0 Å². The minimum absolute atomic E-state index is 0.0924. The quantitative estimate of drug-likeness (QED) is 0.589. The minimum atomic E-state index is -1.18.